The summed E-state index contributed by atoms with van der Waals surface area (Å²) in [5.74, 6) is -1.05. The molecule has 6 heteroatoms. The number of likely N-dealkylation sites (N-methyl/N-ethyl adjacent to an activating group) is 1. The molecule has 14 heavy (non-hydrogen) atoms. The Labute approximate surface area is 81.2 Å². The largest absolute Gasteiger partial charge is 0.469 e. The fraction of sp³-hybridized carbons (Fsp3) is 0.625. The van der Waals surface area contributed by atoms with Crippen LogP contribution in [-0.2, 0) is 19.1 Å². The van der Waals surface area contributed by atoms with Crippen LogP contribution in [0.15, 0.2) is 0 Å². The van der Waals surface area contributed by atoms with E-state index in [1.807, 2.05) is 0 Å². The summed E-state index contributed by atoms with van der Waals surface area (Å²) in [6.07, 6.45) is -0.120. The van der Waals surface area contributed by atoms with Crippen LogP contribution in [-0.4, -0.2) is 49.4 Å². The van der Waals surface area contributed by atoms with Crippen molar-refractivity contribution in [1.29, 1.82) is 0 Å². The van der Waals surface area contributed by atoms with Crippen LogP contribution in [0.5, 0.6) is 0 Å². The van der Waals surface area contributed by atoms with Gasteiger partial charge in [-0.2, -0.15) is 0 Å². The Hall–Kier alpha value is -1.59. The maximum atomic E-state index is 11.4. The average Bonchev–Trinajstić information content (AvgIpc) is 2.13. The molecule has 0 aromatic heterocycles. The normalized spacial score (nSPS) is 21.9. The van der Waals surface area contributed by atoms with E-state index in [1.165, 1.54) is 19.1 Å². The van der Waals surface area contributed by atoms with E-state index in [1.54, 1.807) is 0 Å². The van der Waals surface area contributed by atoms with Gasteiger partial charge in [-0.1, -0.05) is 0 Å². The minimum absolute atomic E-state index is 0.0382. The SMILES string of the molecule is COC(=O)C[C@@H]1NC(=O)CN(C)C1=O. The molecule has 0 spiro atoms. The van der Waals surface area contributed by atoms with E-state index in [2.05, 4.69) is 10.1 Å². The molecule has 0 aromatic carbocycles. The first-order valence-corrected chi connectivity index (χ1v) is 4.15. The Morgan fingerprint density at radius 2 is 2.29 bits per heavy atom. The van der Waals surface area contributed by atoms with Gasteiger partial charge in [-0.15, -0.1) is 0 Å². The minimum Gasteiger partial charge on any atom is -0.469 e. The number of rotatable bonds is 2. The highest BCUT2D eigenvalue weighted by Gasteiger charge is 2.32. The topological polar surface area (TPSA) is 75.7 Å². The van der Waals surface area contributed by atoms with Gasteiger partial charge in [0, 0.05) is 7.05 Å². The van der Waals surface area contributed by atoms with Crippen molar-refractivity contribution in [1.82, 2.24) is 10.2 Å². The van der Waals surface area contributed by atoms with Gasteiger partial charge in [-0.25, -0.2) is 0 Å². The van der Waals surface area contributed by atoms with Crippen LogP contribution in [0.25, 0.3) is 0 Å². The summed E-state index contributed by atoms with van der Waals surface area (Å²) < 4.78 is 4.41. The van der Waals surface area contributed by atoms with Gasteiger partial charge in [-0.05, 0) is 0 Å². The van der Waals surface area contributed by atoms with Crippen molar-refractivity contribution in [2.45, 2.75) is 12.5 Å². The van der Waals surface area contributed by atoms with E-state index in [-0.39, 0.29) is 24.8 Å². The molecular weight excluding hydrogens is 188 g/mol. The smallest absolute Gasteiger partial charge is 0.308 e. The molecule has 0 aliphatic carbocycles. The zero-order valence-corrected chi connectivity index (χ0v) is 8.07. The molecule has 1 aliphatic rings. The first-order valence-electron chi connectivity index (χ1n) is 4.15. The van der Waals surface area contributed by atoms with Crippen molar-refractivity contribution in [2.24, 2.45) is 0 Å². The molecule has 1 aliphatic heterocycles. The van der Waals surface area contributed by atoms with E-state index in [4.69, 9.17) is 0 Å². The Balaban J connectivity index is 2.62. The number of carbonyl (C=O) groups excluding carboxylic acids is 3. The van der Waals surface area contributed by atoms with Crippen LogP contribution < -0.4 is 5.32 Å². The fourth-order valence-electron chi connectivity index (χ4n) is 1.25. The molecule has 2 amide bonds. The number of piperazine rings is 1. The number of hydrogen-bond donors (Lipinski definition) is 1. The van der Waals surface area contributed by atoms with Crippen molar-refractivity contribution in [3.63, 3.8) is 0 Å². The van der Waals surface area contributed by atoms with Crippen molar-refractivity contribution < 1.29 is 19.1 Å². The molecule has 1 heterocycles. The summed E-state index contributed by atoms with van der Waals surface area (Å²) in [7, 11) is 2.76. The van der Waals surface area contributed by atoms with Gasteiger partial charge < -0.3 is 15.0 Å². The fourth-order valence-corrected chi connectivity index (χ4v) is 1.25. The predicted octanol–water partition coefficient (Wildman–Crippen LogP) is -1.49. The summed E-state index contributed by atoms with van der Waals surface area (Å²) in [5.41, 5.74) is 0. The lowest BCUT2D eigenvalue weighted by Gasteiger charge is -2.28. The number of amides is 2. The third-order valence-electron chi connectivity index (χ3n) is 1.99. The number of hydrogen-bond acceptors (Lipinski definition) is 4. The molecule has 0 aromatic rings. The zero-order chi connectivity index (χ0) is 10.7. The second kappa shape index (κ2) is 4.08. The van der Waals surface area contributed by atoms with E-state index in [0.717, 1.165) is 0 Å². The Morgan fingerprint density at radius 1 is 1.64 bits per heavy atom. The maximum Gasteiger partial charge on any atom is 0.308 e. The number of carbonyl (C=O) groups is 3. The monoisotopic (exact) mass is 200 g/mol. The van der Waals surface area contributed by atoms with E-state index in [9.17, 15) is 14.4 Å². The highest BCUT2D eigenvalue weighted by atomic mass is 16.5. The second-order valence-corrected chi connectivity index (χ2v) is 3.09. The highest BCUT2D eigenvalue weighted by Crippen LogP contribution is 2.04. The summed E-state index contributed by atoms with van der Waals surface area (Å²) in [5, 5.41) is 2.43. The number of ether oxygens (including phenoxy) is 1. The van der Waals surface area contributed by atoms with E-state index in [0.29, 0.717) is 0 Å². The number of nitrogens with zero attached hydrogens (tertiary/aromatic N) is 1. The minimum atomic E-state index is -0.784. The van der Waals surface area contributed by atoms with Crippen LogP contribution in [0.3, 0.4) is 0 Å². The molecule has 0 radical (unpaired) electrons. The van der Waals surface area contributed by atoms with Crippen molar-refractivity contribution in [3.05, 3.63) is 0 Å². The molecule has 0 unspecified atom stereocenters. The molecule has 1 saturated heterocycles. The van der Waals surface area contributed by atoms with Crippen molar-refractivity contribution in [3.8, 4) is 0 Å². The van der Waals surface area contributed by atoms with Gasteiger partial charge in [0.15, 0.2) is 0 Å². The maximum absolute atomic E-state index is 11.4. The quantitative estimate of drug-likeness (QED) is 0.551. The van der Waals surface area contributed by atoms with Crippen molar-refractivity contribution >= 4 is 17.8 Å². The lowest BCUT2D eigenvalue weighted by molar-refractivity contribution is -0.148. The first-order chi connectivity index (χ1) is 6.54. The van der Waals surface area contributed by atoms with Crippen LogP contribution in [0.4, 0.5) is 0 Å². The molecule has 1 N–H and O–H groups in total. The summed E-state index contributed by atoms with van der Waals surface area (Å²) in [4.78, 5) is 34.6. The molecule has 6 nitrogen and oxygen atoms in total. The molecule has 1 fully saturated rings. The van der Waals surface area contributed by atoms with Crippen molar-refractivity contribution in [2.75, 3.05) is 20.7 Å². The van der Waals surface area contributed by atoms with Crippen LogP contribution in [0.1, 0.15) is 6.42 Å². The Kier molecular flexibility index (Phi) is 3.06. The highest BCUT2D eigenvalue weighted by molar-refractivity contribution is 5.96. The van der Waals surface area contributed by atoms with Crippen LogP contribution in [0.2, 0.25) is 0 Å². The number of methoxy groups -OCH3 is 1. The van der Waals surface area contributed by atoms with E-state index >= 15 is 0 Å². The zero-order valence-electron chi connectivity index (χ0n) is 8.07. The van der Waals surface area contributed by atoms with Gasteiger partial charge in [0.2, 0.25) is 11.8 Å². The molecule has 0 saturated carbocycles. The molecule has 1 atom stereocenters. The second-order valence-electron chi connectivity index (χ2n) is 3.09. The van der Waals surface area contributed by atoms with Crippen LogP contribution in [0, 0.1) is 0 Å². The van der Waals surface area contributed by atoms with Gasteiger partial charge in [0.05, 0.1) is 20.1 Å². The Morgan fingerprint density at radius 3 is 2.86 bits per heavy atom. The third-order valence-corrected chi connectivity index (χ3v) is 1.99. The lowest BCUT2D eigenvalue weighted by Crippen LogP contribution is -2.57. The van der Waals surface area contributed by atoms with Gasteiger partial charge >= 0.3 is 5.97 Å². The molecular formula is C8H12N2O4. The number of nitrogens with one attached hydrogen (secondary N) is 1. The van der Waals surface area contributed by atoms with Gasteiger partial charge in [0.1, 0.15) is 6.04 Å². The molecule has 1 rings (SSSR count). The first kappa shape index (κ1) is 10.5. The van der Waals surface area contributed by atoms with E-state index < -0.39 is 12.0 Å². The standard InChI is InChI=1S/C8H12N2O4/c1-10-4-6(11)9-5(8(10)13)3-7(12)14-2/h5H,3-4H2,1-2H3,(H,9,11)/t5-/m0/s1. The van der Waals surface area contributed by atoms with Gasteiger partial charge in [-0.3, -0.25) is 14.4 Å². The molecule has 78 valence electrons. The van der Waals surface area contributed by atoms with Gasteiger partial charge in [0.25, 0.3) is 0 Å². The summed E-state index contributed by atoms with van der Waals surface area (Å²) in [6.45, 7) is 0.0382. The predicted molar refractivity (Wildman–Crippen MR) is 46.2 cm³/mol. The lowest BCUT2D eigenvalue weighted by atomic mass is 10.1. The summed E-state index contributed by atoms with van der Waals surface area (Å²) >= 11 is 0. The number of esters is 1. The molecule has 0 bridgehead atoms. The Bertz CT molecular complexity index is 277. The van der Waals surface area contributed by atoms with Crippen LogP contribution >= 0.6 is 0 Å². The summed E-state index contributed by atoms with van der Waals surface area (Å²) in [6, 6.07) is -0.784. The average molecular weight is 200 g/mol. The third kappa shape index (κ3) is 2.21.